The minimum absolute atomic E-state index is 0.0219. The van der Waals surface area contributed by atoms with E-state index in [1.165, 1.54) is 17.4 Å². The number of ether oxygens (including phenoxy) is 2. The molecule has 0 saturated carbocycles. The molecular weight excluding hydrogens is 655 g/mol. The molecule has 262 valence electrons. The first-order chi connectivity index (χ1) is 23.7. The number of carboxylic acid groups (broad SMARTS) is 2. The van der Waals surface area contributed by atoms with Crippen molar-refractivity contribution in [3.63, 3.8) is 0 Å². The second kappa shape index (κ2) is 19.2. The number of unbranched alkanes of at least 4 members (excludes halogenated alkanes) is 5. The molecule has 0 aliphatic heterocycles. The highest BCUT2D eigenvalue weighted by molar-refractivity contribution is 7.13. The number of hydrogen-bond acceptors (Lipinski definition) is 10. The molecule has 0 atom stereocenters. The minimum Gasteiger partial charge on any atom is -0.488 e. The number of aliphatic carboxylic acids is 1. The zero-order chi connectivity index (χ0) is 35.0. The fourth-order valence-corrected chi connectivity index (χ4v) is 5.62. The monoisotopic (exact) mass is 696 g/mol. The molecule has 0 saturated heterocycles. The molecular formula is C34H41FN6O7S. The van der Waals surface area contributed by atoms with Crippen LogP contribution in [0.1, 0.15) is 72.1 Å². The summed E-state index contributed by atoms with van der Waals surface area (Å²) in [6.45, 7) is 1.23. The number of likely N-dealkylation sites (N-methyl/N-ethyl adjacent to an activating group) is 1. The molecule has 2 heterocycles. The van der Waals surface area contributed by atoms with E-state index in [2.05, 4.69) is 25.9 Å². The van der Waals surface area contributed by atoms with Crippen LogP contribution in [0.15, 0.2) is 48.1 Å². The van der Waals surface area contributed by atoms with Crippen LogP contribution in [0.3, 0.4) is 0 Å². The maximum Gasteiger partial charge on any atom is 0.338 e. The average molecular weight is 697 g/mol. The number of hydrogen-bond donors (Lipinski definition) is 4. The Kier molecular flexibility index (Phi) is 14.5. The Balaban J connectivity index is 1.43. The predicted molar refractivity (Wildman–Crippen MR) is 181 cm³/mol. The third kappa shape index (κ3) is 12.3. The van der Waals surface area contributed by atoms with E-state index in [0.717, 1.165) is 61.9 Å². The Morgan fingerprint density at radius 2 is 1.76 bits per heavy atom. The van der Waals surface area contributed by atoms with E-state index < -0.39 is 23.3 Å². The zero-order valence-corrected chi connectivity index (χ0v) is 28.1. The summed E-state index contributed by atoms with van der Waals surface area (Å²) in [4.78, 5) is 39.0. The van der Waals surface area contributed by atoms with Crippen molar-refractivity contribution in [2.75, 3.05) is 25.5 Å². The molecule has 0 unspecified atom stereocenters. The van der Waals surface area contributed by atoms with Crippen LogP contribution in [0.4, 0.5) is 9.52 Å². The Hall–Kier alpha value is -4.89. The van der Waals surface area contributed by atoms with Gasteiger partial charge in [0, 0.05) is 30.3 Å². The summed E-state index contributed by atoms with van der Waals surface area (Å²) in [6.07, 6.45) is 10.8. The van der Waals surface area contributed by atoms with Gasteiger partial charge in [0.2, 0.25) is 5.91 Å². The zero-order valence-electron chi connectivity index (χ0n) is 27.3. The smallest absolute Gasteiger partial charge is 0.338 e. The van der Waals surface area contributed by atoms with Crippen LogP contribution in [-0.4, -0.2) is 68.2 Å². The van der Waals surface area contributed by atoms with Gasteiger partial charge in [-0.15, -0.1) is 16.4 Å². The molecule has 0 aliphatic carbocycles. The van der Waals surface area contributed by atoms with E-state index in [1.54, 1.807) is 28.4 Å². The Bertz CT molecular complexity index is 1680. The fraction of sp³-hybridized carbons (Fsp3) is 0.412. The van der Waals surface area contributed by atoms with E-state index >= 15 is 0 Å². The highest BCUT2D eigenvalue weighted by atomic mass is 32.1. The summed E-state index contributed by atoms with van der Waals surface area (Å²) in [5.41, 5.74) is 1.92. The normalized spacial score (nSPS) is 11.0. The molecule has 0 bridgehead atoms. The number of nitrogens with zero attached hydrogens (tertiary/aromatic N) is 4. The topological polar surface area (TPSA) is 178 Å². The van der Waals surface area contributed by atoms with Crippen LogP contribution in [-0.2, 0) is 35.4 Å². The van der Waals surface area contributed by atoms with Gasteiger partial charge in [0.15, 0.2) is 16.6 Å². The highest BCUT2D eigenvalue weighted by Gasteiger charge is 2.18. The lowest BCUT2D eigenvalue weighted by atomic mass is 10.00. The number of carboxylic acids is 2. The molecule has 49 heavy (non-hydrogen) atoms. The molecule has 0 spiro atoms. The van der Waals surface area contributed by atoms with Crippen molar-refractivity contribution >= 4 is 34.3 Å². The molecule has 4 N–H and O–H groups in total. The molecule has 2 aromatic heterocycles. The van der Waals surface area contributed by atoms with E-state index in [0.29, 0.717) is 42.4 Å². The van der Waals surface area contributed by atoms with Crippen molar-refractivity contribution in [2.45, 2.75) is 70.8 Å². The number of aromatic carboxylic acids is 1. The van der Waals surface area contributed by atoms with Gasteiger partial charge >= 0.3 is 11.9 Å². The summed E-state index contributed by atoms with van der Waals surface area (Å²) < 4.78 is 28.4. The van der Waals surface area contributed by atoms with Gasteiger partial charge in [0.1, 0.15) is 18.2 Å². The standard InChI is InChI=1S/C34H41FN6O7S/c1-36-13-12-23-18-29(47-16-15-41-22-25(39-40-41)8-6-4-2-3-5-7-9-32(43)44)30(48-26-10-11-27(33(45)46)28(35)21-26)19-24(23)20-31(42)38-34-37-14-17-49-34/h10-11,14,17-19,21-22,36H,2-9,12-13,15-16,20H2,1H3,(H,43,44)(H,45,46)(H,37,38,42). The first kappa shape index (κ1) is 36.9. The Morgan fingerprint density at radius 1 is 0.980 bits per heavy atom. The van der Waals surface area contributed by atoms with Crippen molar-refractivity contribution in [1.29, 1.82) is 0 Å². The van der Waals surface area contributed by atoms with E-state index in [9.17, 15) is 23.9 Å². The van der Waals surface area contributed by atoms with Crippen LogP contribution in [0.2, 0.25) is 0 Å². The van der Waals surface area contributed by atoms with Gasteiger partial charge in [0.25, 0.3) is 0 Å². The molecule has 4 aromatic rings. The number of benzene rings is 2. The van der Waals surface area contributed by atoms with Crippen molar-refractivity contribution in [2.24, 2.45) is 0 Å². The van der Waals surface area contributed by atoms with Crippen LogP contribution < -0.4 is 20.1 Å². The maximum atomic E-state index is 14.5. The second-order valence-electron chi connectivity index (χ2n) is 11.4. The molecule has 0 fully saturated rings. The number of amides is 1. The number of carbonyl (C=O) groups is 3. The first-order valence-electron chi connectivity index (χ1n) is 16.2. The third-order valence-electron chi connectivity index (χ3n) is 7.58. The Labute approximate surface area is 287 Å². The van der Waals surface area contributed by atoms with Crippen molar-refractivity contribution in [1.82, 2.24) is 25.3 Å². The molecule has 2 aromatic carbocycles. The number of halogens is 1. The van der Waals surface area contributed by atoms with Crippen molar-refractivity contribution < 1.29 is 38.5 Å². The molecule has 0 radical (unpaired) electrons. The predicted octanol–water partition coefficient (Wildman–Crippen LogP) is 5.74. The summed E-state index contributed by atoms with van der Waals surface area (Å²) in [6, 6.07) is 6.96. The SMILES string of the molecule is CNCCc1cc(OCCn2cc(CCCCCCCCC(=O)O)nn2)c(Oc2ccc(C(=O)O)c(F)c2)cc1CC(=O)Nc1nccs1. The number of anilines is 1. The van der Waals surface area contributed by atoms with Gasteiger partial charge in [-0.2, -0.15) is 0 Å². The first-order valence-corrected chi connectivity index (χ1v) is 17.0. The third-order valence-corrected chi connectivity index (χ3v) is 8.26. The van der Waals surface area contributed by atoms with Crippen LogP contribution in [0, 0.1) is 5.82 Å². The maximum absolute atomic E-state index is 14.5. The second-order valence-corrected chi connectivity index (χ2v) is 12.3. The quantitative estimate of drug-likeness (QED) is 0.0737. The largest absolute Gasteiger partial charge is 0.488 e. The summed E-state index contributed by atoms with van der Waals surface area (Å²) in [5, 5.41) is 34.6. The lowest BCUT2D eigenvalue weighted by molar-refractivity contribution is -0.137. The summed E-state index contributed by atoms with van der Waals surface area (Å²) in [5.74, 6) is -2.70. The average Bonchev–Trinajstić information content (AvgIpc) is 3.74. The van der Waals surface area contributed by atoms with Gasteiger partial charge in [-0.25, -0.2) is 18.9 Å². The number of carbonyl (C=O) groups excluding carboxylic acids is 1. The number of thiazole rings is 1. The van der Waals surface area contributed by atoms with Gasteiger partial charge < -0.3 is 30.3 Å². The van der Waals surface area contributed by atoms with Gasteiger partial charge in [-0.1, -0.05) is 30.9 Å². The lowest BCUT2D eigenvalue weighted by Gasteiger charge is -2.18. The summed E-state index contributed by atoms with van der Waals surface area (Å²) >= 11 is 1.31. The van der Waals surface area contributed by atoms with Gasteiger partial charge in [-0.05, 0) is 74.7 Å². The van der Waals surface area contributed by atoms with Crippen LogP contribution in [0.5, 0.6) is 17.2 Å². The highest BCUT2D eigenvalue weighted by Crippen LogP contribution is 2.36. The van der Waals surface area contributed by atoms with E-state index in [1.807, 2.05) is 13.2 Å². The molecule has 1 amide bonds. The van der Waals surface area contributed by atoms with E-state index in [4.69, 9.17) is 14.6 Å². The number of nitrogens with one attached hydrogen (secondary N) is 2. The number of aryl methyl sites for hydroxylation is 1. The Morgan fingerprint density at radius 3 is 2.47 bits per heavy atom. The minimum atomic E-state index is -1.39. The molecule has 13 nitrogen and oxygen atoms in total. The van der Waals surface area contributed by atoms with E-state index in [-0.39, 0.29) is 36.9 Å². The number of aromatic nitrogens is 4. The fourth-order valence-electron chi connectivity index (χ4n) is 5.08. The van der Waals surface area contributed by atoms with Crippen LogP contribution >= 0.6 is 11.3 Å². The molecule has 15 heteroatoms. The number of rotatable bonds is 22. The molecule has 4 rings (SSSR count). The van der Waals surface area contributed by atoms with Gasteiger partial charge in [-0.3, -0.25) is 9.59 Å². The van der Waals surface area contributed by atoms with Crippen molar-refractivity contribution in [3.05, 3.63) is 76.3 Å². The molecule has 0 aliphatic rings. The van der Waals surface area contributed by atoms with Crippen molar-refractivity contribution in [3.8, 4) is 17.2 Å². The summed E-state index contributed by atoms with van der Waals surface area (Å²) in [7, 11) is 1.83. The van der Waals surface area contributed by atoms with Gasteiger partial charge in [0.05, 0.1) is 24.2 Å². The lowest BCUT2D eigenvalue weighted by Crippen LogP contribution is -2.17. The van der Waals surface area contributed by atoms with Crippen LogP contribution in [0.25, 0.3) is 0 Å².